The summed E-state index contributed by atoms with van der Waals surface area (Å²) in [5.41, 5.74) is 1.94. The van der Waals surface area contributed by atoms with Gasteiger partial charge in [0.25, 0.3) is 0 Å². The molecule has 1 N–H and O–H groups in total. The Morgan fingerprint density at radius 3 is 2.05 bits per heavy atom. The molecule has 1 aliphatic rings. The molecule has 3 atom stereocenters. The molecule has 0 bridgehead atoms. The van der Waals surface area contributed by atoms with Gasteiger partial charge in [-0.3, -0.25) is 4.79 Å². The van der Waals surface area contributed by atoms with E-state index in [1.807, 2.05) is 60.7 Å². The van der Waals surface area contributed by atoms with E-state index in [1.165, 1.54) is 0 Å². The molecule has 3 rings (SSSR count). The summed E-state index contributed by atoms with van der Waals surface area (Å²) in [7, 11) is 0. The van der Waals surface area contributed by atoms with Crippen LogP contribution in [-0.2, 0) is 9.53 Å². The quantitative estimate of drug-likeness (QED) is 0.857. The Balaban J connectivity index is 1.89. The highest BCUT2D eigenvalue weighted by Gasteiger charge is 2.36. The Labute approximate surface area is 126 Å². The molecule has 1 heterocycles. The number of hydrogen-bond donors (Lipinski definition) is 1. The fourth-order valence-electron chi connectivity index (χ4n) is 2.28. The van der Waals surface area contributed by atoms with E-state index >= 15 is 0 Å². The van der Waals surface area contributed by atoms with Crippen LogP contribution in [0.1, 0.15) is 23.5 Å². The summed E-state index contributed by atoms with van der Waals surface area (Å²) in [6.07, 6.45) is -0.710. The van der Waals surface area contributed by atoms with E-state index in [4.69, 9.17) is 4.74 Å². The van der Waals surface area contributed by atoms with E-state index in [2.05, 4.69) is 21.2 Å². The van der Waals surface area contributed by atoms with Crippen LogP contribution < -0.4 is 5.32 Å². The molecule has 4 heteroatoms. The van der Waals surface area contributed by atoms with Gasteiger partial charge in [0, 0.05) is 5.56 Å². The van der Waals surface area contributed by atoms with Crippen LogP contribution >= 0.6 is 15.9 Å². The third-order valence-electron chi connectivity index (χ3n) is 3.30. The van der Waals surface area contributed by atoms with Crippen LogP contribution in [0.4, 0.5) is 0 Å². The highest BCUT2D eigenvalue weighted by Crippen LogP contribution is 2.35. The number of amides is 1. The van der Waals surface area contributed by atoms with Gasteiger partial charge in [0.05, 0.1) is 0 Å². The van der Waals surface area contributed by atoms with E-state index in [1.54, 1.807) is 0 Å². The van der Waals surface area contributed by atoms with Crippen molar-refractivity contribution in [2.24, 2.45) is 0 Å². The van der Waals surface area contributed by atoms with Crippen molar-refractivity contribution in [3.8, 4) is 0 Å². The van der Waals surface area contributed by atoms with Gasteiger partial charge in [-0.05, 0) is 5.56 Å². The zero-order chi connectivity index (χ0) is 13.9. The van der Waals surface area contributed by atoms with Crippen LogP contribution in [0.25, 0.3) is 0 Å². The maximum Gasteiger partial charge on any atom is 0.239 e. The van der Waals surface area contributed by atoms with Gasteiger partial charge in [-0.2, -0.15) is 0 Å². The lowest BCUT2D eigenvalue weighted by Crippen LogP contribution is -2.45. The highest BCUT2D eigenvalue weighted by molar-refractivity contribution is 9.10. The number of nitrogens with one attached hydrogen (secondary N) is 1. The third kappa shape index (κ3) is 2.62. The Kier molecular flexibility index (Phi) is 3.85. The van der Waals surface area contributed by atoms with Crippen LogP contribution in [0.3, 0.4) is 0 Å². The second kappa shape index (κ2) is 5.77. The van der Waals surface area contributed by atoms with Crippen LogP contribution in [0.2, 0.25) is 0 Å². The Bertz CT molecular complexity index is 588. The molecule has 0 saturated carbocycles. The van der Waals surface area contributed by atoms with Crippen molar-refractivity contribution in [3.63, 3.8) is 0 Å². The zero-order valence-electron chi connectivity index (χ0n) is 10.7. The number of carbonyl (C=O) groups excluding carboxylic acids is 1. The van der Waals surface area contributed by atoms with Gasteiger partial charge < -0.3 is 10.1 Å². The second-order valence-corrected chi connectivity index (χ2v) is 5.65. The summed E-state index contributed by atoms with van der Waals surface area (Å²) >= 11 is 3.42. The standard InChI is InChI=1S/C16H14BrNO2/c17-13-14(11-7-3-1-4-8-11)20-16(18-15(13)19)12-9-5-2-6-10-12/h1-10,13-14,16H,(H,18,19)/t13-,14+,16-/m0/s1. The minimum Gasteiger partial charge on any atom is -0.345 e. The van der Waals surface area contributed by atoms with E-state index in [0.717, 1.165) is 11.1 Å². The van der Waals surface area contributed by atoms with Crippen molar-refractivity contribution in [2.45, 2.75) is 17.2 Å². The van der Waals surface area contributed by atoms with Gasteiger partial charge in [0.2, 0.25) is 5.91 Å². The van der Waals surface area contributed by atoms with Crippen molar-refractivity contribution < 1.29 is 9.53 Å². The summed E-state index contributed by atoms with van der Waals surface area (Å²) in [5, 5.41) is 2.87. The van der Waals surface area contributed by atoms with Gasteiger partial charge >= 0.3 is 0 Å². The fraction of sp³-hybridized carbons (Fsp3) is 0.188. The first-order valence-corrected chi connectivity index (χ1v) is 7.37. The molecule has 0 radical (unpaired) electrons. The molecule has 0 aromatic heterocycles. The SMILES string of the molecule is O=C1N[C@H](c2ccccc2)O[C@H](c2ccccc2)[C@@H]1Br. The third-order valence-corrected chi connectivity index (χ3v) is 4.20. The number of alkyl halides is 1. The topological polar surface area (TPSA) is 38.3 Å². The summed E-state index contributed by atoms with van der Waals surface area (Å²) in [5.74, 6) is -0.0565. The van der Waals surface area contributed by atoms with Gasteiger partial charge in [-0.25, -0.2) is 0 Å². The van der Waals surface area contributed by atoms with Gasteiger partial charge in [-0.15, -0.1) is 0 Å². The van der Waals surface area contributed by atoms with Crippen molar-refractivity contribution in [1.29, 1.82) is 0 Å². The van der Waals surface area contributed by atoms with Crippen molar-refractivity contribution >= 4 is 21.8 Å². The summed E-state index contributed by atoms with van der Waals surface area (Å²) in [6.45, 7) is 0. The van der Waals surface area contributed by atoms with Crippen LogP contribution in [0.5, 0.6) is 0 Å². The molecule has 1 amide bonds. The number of halogens is 1. The lowest BCUT2D eigenvalue weighted by atomic mass is 10.0. The molecule has 3 nitrogen and oxygen atoms in total. The largest absolute Gasteiger partial charge is 0.345 e. The summed E-state index contributed by atoms with van der Waals surface area (Å²) in [6, 6.07) is 19.5. The fourth-order valence-corrected chi connectivity index (χ4v) is 2.84. The molecule has 2 aromatic rings. The first-order chi connectivity index (χ1) is 9.75. The molecule has 1 fully saturated rings. The predicted octanol–water partition coefficient (Wildman–Crippen LogP) is 3.34. The molecule has 0 aliphatic carbocycles. The van der Waals surface area contributed by atoms with Crippen LogP contribution in [0, 0.1) is 0 Å². The Hall–Kier alpha value is -1.65. The van der Waals surface area contributed by atoms with Gasteiger partial charge in [0.1, 0.15) is 10.9 Å². The van der Waals surface area contributed by atoms with Gasteiger partial charge in [0.15, 0.2) is 6.23 Å². The lowest BCUT2D eigenvalue weighted by molar-refractivity contribution is -0.141. The number of carbonyl (C=O) groups is 1. The van der Waals surface area contributed by atoms with Crippen LogP contribution in [-0.4, -0.2) is 10.7 Å². The number of rotatable bonds is 2. The molecular weight excluding hydrogens is 318 g/mol. The van der Waals surface area contributed by atoms with E-state index in [9.17, 15) is 4.79 Å². The molecule has 0 spiro atoms. The smallest absolute Gasteiger partial charge is 0.239 e. The van der Waals surface area contributed by atoms with E-state index in [-0.39, 0.29) is 16.8 Å². The number of benzene rings is 2. The maximum absolute atomic E-state index is 12.1. The zero-order valence-corrected chi connectivity index (χ0v) is 12.3. The minimum atomic E-state index is -0.414. The Morgan fingerprint density at radius 1 is 0.900 bits per heavy atom. The normalized spacial score (nSPS) is 26.1. The molecule has 20 heavy (non-hydrogen) atoms. The molecule has 2 aromatic carbocycles. The maximum atomic E-state index is 12.1. The van der Waals surface area contributed by atoms with Crippen LogP contribution in [0.15, 0.2) is 60.7 Å². The second-order valence-electron chi connectivity index (χ2n) is 4.67. The molecule has 102 valence electrons. The molecule has 1 saturated heterocycles. The monoisotopic (exact) mass is 331 g/mol. The molecule has 1 aliphatic heterocycles. The average molecular weight is 332 g/mol. The van der Waals surface area contributed by atoms with Crippen molar-refractivity contribution in [3.05, 3.63) is 71.8 Å². The number of ether oxygens (including phenoxy) is 1. The minimum absolute atomic E-state index is 0.0565. The summed E-state index contributed by atoms with van der Waals surface area (Å²) in [4.78, 5) is 11.7. The first kappa shape index (κ1) is 13.3. The van der Waals surface area contributed by atoms with E-state index < -0.39 is 6.23 Å². The number of hydrogen-bond acceptors (Lipinski definition) is 2. The van der Waals surface area contributed by atoms with Crippen molar-refractivity contribution in [1.82, 2.24) is 5.32 Å². The van der Waals surface area contributed by atoms with Crippen molar-refractivity contribution in [2.75, 3.05) is 0 Å². The van der Waals surface area contributed by atoms with Gasteiger partial charge in [-0.1, -0.05) is 76.6 Å². The molecule has 0 unspecified atom stereocenters. The lowest BCUT2D eigenvalue weighted by Gasteiger charge is -2.34. The molecular formula is C16H14BrNO2. The van der Waals surface area contributed by atoms with E-state index in [0.29, 0.717) is 0 Å². The average Bonchev–Trinajstić information content (AvgIpc) is 2.51. The first-order valence-electron chi connectivity index (χ1n) is 6.45. The predicted molar refractivity (Wildman–Crippen MR) is 80.3 cm³/mol. The summed E-state index contributed by atoms with van der Waals surface area (Å²) < 4.78 is 6.06. The Morgan fingerprint density at radius 2 is 1.45 bits per heavy atom. The highest BCUT2D eigenvalue weighted by atomic mass is 79.9.